The summed E-state index contributed by atoms with van der Waals surface area (Å²) in [6.07, 6.45) is 0.467. The highest BCUT2D eigenvalue weighted by molar-refractivity contribution is 5.88. The van der Waals surface area contributed by atoms with Crippen LogP contribution in [0.15, 0.2) is 6.20 Å². The molecular weight excluding hydrogens is 285 g/mol. The van der Waals surface area contributed by atoms with Crippen molar-refractivity contribution in [2.75, 3.05) is 0 Å². The molecule has 1 aliphatic carbocycles. The van der Waals surface area contributed by atoms with Crippen molar-refractivity contribution in [2.45, 2.75) is 51.1 Å². The first kappa shape index (κ1) is 15.7. The van der Waals surface area contributed by atoms with E-state index in [1.807, 2.05) is 0 Å². The fourth-order valence-corrected chi connectivity index (χ4v) is 2.79. The Hall–Kier alpha value is -1.66. The maximum absolute atomic E-state index is 12.9. The van der Waals surface area contributed by atoms with E-state index in [0.717, 1.165) is 38.3 Å². The van der Waals surface area contributed by atoms with Crippen LogP contribution in [0.3, 0.4) is 0 Å². The normalized spacial score (nSPS) is 23.0. The zero-order valence-electron chi connectivity index (χ0n) is 11.7. The Morgan fingerprint density at radius 1 is 1.33 bits per heavy atom. The number of carboxylic acids is 1. The second-order valence-corrected chi connectivity index (χ2v) is 5.42. The molecule has 7 heteroatoms. The van der Waals surface area contributed by atoms with Crippen LogP contribution in [-0.2, 0) is 6.18 Å². The molecule has 0 aliphatic heterocycles. The molecule has 1 aromatic rings. The van der Waals surface area contributed by atoms with Crippen molar-refractivity contribution in [3.8, 4) is 0 Å². The van der Waals surface area contributed by atoms with E-state index < -0.39 is 23.4 Å². The molecule has 0 saturated heterocycles. The highest BCUT2D eigenvalue weighted by Crippen LogP contribution is 2.37. The number of rotatable bonds is 3. The van der Waals surface area contributed by atoms with Gasteiger partial charge in [0.25, 0.3) is 0 Å². The van der Waals surface area contributed by atoms with Gasteiger partial charge in [-0.1, -0.05) is 13.3 Å². The molecule has 0 radical (unpaired) electrons. The minimum Gasteiger partial charge on any atom is -0.478 e. The Balaban J connectivity index is 2.28. The van der Waals surface area contributed by atoms with Crippen molar-refractivity contribution >= 4 is 5.97 Å². The van der Waals surface area contributed by atoms with Gasteiger partial charge in [-0.25, -0.2) is 14.8 Å². The number of hydrogen-bond acceptors (Lipinski definition) is 3. The molecule has 0 bridgehead atoms. The predicted octanol–water partition coefficient (Wildman–Crippen LogP) is 3.88. The lowest BCUT2D eigenvalue weighted by Crippen LogP contribution is -2.20. The van der Waals surface area contributed by atoms with E-state index in [0.29, 0.717) is 5.92 Å². The molecular formula is C14H17F3N2O2. The highest BCUT2D eigenvalue weighted by atomic mass is 19.4. The Morgan fingerprint density at radius 3 is 2.43 bits per heavy atom. The highest BCUT2D eigenvalue weighted by Gasteiger charge is 2.39. The minimum absolute atomic E-state index is 0.113. The Morgan fingerprint density at radius 2 is 1.95 bits per heavy atom. The SMILES string of the molecule is CCC1CCC(c2ncc(C(=O)O)c(C(F)(F)F)n2)CC1. The number of carboxylic acid groups (broad SMARTS) is 1. The third kappa shape index (κ3) is 3.51. The first-order valence-electron chi connectivity index (χ1n) is 7.00. The third-order valence-corrected chi connectivity index (χ3v) is 4.10. The molecule has 0 atom stereocenters. The number of hydrogen-bond donors (Lipinski definition) is 1. The lowest BCUT2D eigenvalue weighted by molar-refractivity contribution is -0.142. The van der Waals surface area contributed by atoms with Crippen LogP contribution in [-0.4, -0.2) is 21.0 Å². The predicted molar refractivity (Wildman–Crippen MR) is 69.0 cm³/mol. The Labute approximate surface area is 120 Å². The number of aromatic carboxylic acids is 1. The van der Waals surface area contributed by atoms with Gasteiger partial charge < -0.3 is 5.11 Å². The van der Waals surface area contributed by atoms with Crippen molar-refractivity contribution in [2.24, 2.45) is 5.92 Å². The average molecular weight is 302 g/mol. The number of aromatic nitrogens is 2. The quantitative estimate of drug-likeness (QED) is 0.920. The minimum atomic E-state index is -4.79. The second-order valence-electron chi connectivity index (χ2n) is 5.42. The summed E-state index contributed by atoms with van der Waals surface area (Å²) in [5.74, 6) is -1.05. The van der Waals surface area contributed by atoms with Gasteiger partial charge in [0.05, 0.1) is 0 Å². The van der Waals surface area contributed by atoms with Gasteiger partial charge in [-0.15, -0.1) is 0 Å². The van der Waals surface area contributed by atoms with E-state index >= 15 is 0 Å². The summed E-state index contributed by atoms with van der Waals surface area (Å²) in [5, 5.41) is 8.82. The summed E-state index contributed by atoms with van der Waals surface area (Å²) in [5.41, 5.74) is -2.24. The van der Waals surface area contributed by atoms with Crippen LogP contribution in [0.2, 0.25) is 0 Å². The molecule has 0 spiro atoms. The number of nitrogens with zero attached hydrogens (tertiary/aromatic N) is 2. The standard InChI is InChI=1S/C14H17F3N2O2/c1-2-8-3-5-9(6-4-8)12-18-7-10(13(20)21)11(19-12)14(15,16)17/h7-9H,2-6H2,1H3,(H,20,21). The lowest BCUT2D eigenvalue weighted by Gasteiger charge is -2.27. The van der Waals surface area contributed by atoms with Crippen molar-refractivity contribution < 1.29 is 23.1 Å². The first-order valence-corrected chi connectivity index (χ1v) is 7.00. The fraction of sp³-hybridized carbons (Fsp3) is 0.643. The van der Waals surface area contributed by atoms with E-state index in [1.165, 1.54) is 0 Å². The van der Waals surface area contributed by atoms with Crippen LogP contribution in [0.25, 0.3) is 0 Å². The van der Waals surface area contributed by atoms with Crippen molar-refractivity contribution in [1.82, 2.24) is 9.97 Å². The Kier molecular flexibility index (Phi) is 4.49. The Bertz CT molecular complexity index is 523. The van der Waals surface area contributed by atoms with Crippen LogP contribution in [0.5, 0.6) is 0 Å². The van der Waals surface area contributed by atoms with Crippen LogP contribution < -0.4 is 0 Å². The molecule has 2 rings (SSSR count). The van der Waals surface area contributed by atoms with Crippen molar-refractivity contribution in [3.05, 3.63) is 23.3 Å². The molecule has 1 aliphatic rings. The first-order chi connectivity index (χ1) is 9.82. The van der Waals surface area contributed by atoms with E-state index in [1.54, 1.807) is 0 Å². The van der Waals surface area contributed by atoms with Gasteiger partial charge in [0, 0.05) is 12.1 Å². The molecule has 21 heavy (non-hydrogen) atoms. The topological polar surface area (TPSA) is 63.1 Å². The maximum atomic E-state index is 12.9. The molecule has 4 nitrogen and oxygen atoms in total. The molecule has 0 unspecified atom stereocenters. The summed E-state index contributed by atoms with van der Waals surface area (Å²) in [6, 6.07) is 0. The summed E-state index contributed by atoms with van der Waals surface area (Å²) < 4.78 is 38.8. The molecule has 1 saturated carbocycles. The van der Waals surface area contributed by atoms with Gasteiger partial charge in [0.2, 0.25) is 0 Å². The van der Waals surface area contributed by atoms with Crippen LogP contribution >= 0.6 is 0 Å². The smallest absolute Gasteiger partial charge is 0.434 e. The van der Waals surface area contributed by atoms with Gasteiger partial charge in [-0.05, 0) is 31.6 Å². The van der Waals surface area contributed by atoms with Gasteiger partial charge in [0.1, 0.15) is 11.4 Å². The third-order valence-electron chi connectivity index (χ3n) is 4.10. The molecule has 1 aromatic heterocycles. The zero-order chi connectivity index (χ0) is 15.6. The lowest BCUT2D eigenvalue weighted by atomic mass is 9.80. The zero-order valence-corrected chi connectivity index (χ0v) is 11.7. The van der Waals surface area contributed by atoms with Crippen LogP contribution in [0.4, 0.5) is 13.2 Å². The van der Waals surface area contributed by atoms with E-state index in [2.05, 4.69) is 16.9 Å². The largest absolute Gasteiger partial charge is 0.478 e. The molecule has 0 amide bonds. The van der Waals surface area contributed by atoms with Crippen LogP contribution in [0.1, 0.15) is 66.8 Å². The molecule has 116 valence electrons. The summed E-state index contributed by atoms with van der Waals surface area (Å²) in [4.78, 5) is 18.2. The second kappa shape index (κ2) is 5.99. The van der Waals surface area contributed by atoms with E-state index in [-0.39, 0.29) is 11.7 Å². The van der Waals surface area contributed by atoms with Crippen molar-refractivity contribution in [1.29, 1.82) is 0 Å². The van der Waals surface area contributed by atoms with Gasteiger partial charge in [-0.3, -0.25) is 0 Å². The average Bonchev–Trinajstić information content (AvgIpc) is 2.45. The maximum Gasteiger partial charge on any atom is 0.434 e. The molecule has 0 aromatic carbocycles. The number of halogens is 3. The summed E-state index contributed by atoms with van der Waals surface area (Å²) in [6.45, 7) is 2.10. The number of carbonyl (C=O) groups is 1. The molecule has 1 fully saturated rings. The van der Waals surface area contributed by atoms with Crippen molar-refractivity contribution in [3.63, 3.8) is 0 Å². The van der Waals surface area contributed by atoms with E-state index in [9.17, 15) is 18.0 Å². The fourth-order valence-electron chi connectivity index (χ4n) is 2.79. The summed E-state index contributed by atoms with van der Waals surface area (Å²) >= 11 is 0. The van der Waals surface area contributed by atoms with Gasteiger partial charge >= 0.3 is 12.1 Å². The molecule has 1 heterocycles. The van der Waals surface area contributed by atoms with Crippen LogP contribution in [0, 0.1) is 5.92 Å². The number of alkyl halides is 3. The summed E-state index contributed by atoms with van der Waals surface area (Å²) in [7, 11) is 0. The van der Waals surface area contributed by atoms with Gasteiger partial charge in [0.15, 0.2) is 5.69 Å². The van der Waals surface area contributed by atoms with Gasteiger partial charge in [-0.2, -0.15) is 13.2 Å². The van der Waals surface area contributed by atoms with E-state index in [4.69, 9.17) is 5.11 Å². The molecule has 1 N–H and O–H groups in total. The monoisotopic (exact) mass is 302 g/mol.